The minimum atomic E-state index is -0.246. The molecule has 34 heavy (non-hydrogen) atoms. The summed E-state index contributed by atoms with van der Waals surface area (Å²) in [6.07, 6.45) is 4.41. The third kappa shape index (κ3) is 2.72. The van der Waals surface area contributed by atoms with Gasteiger partial charge in [-0.2, -0.15) is 0 Å². The van der Waals surface area contributed by atoms with Gasteiger partial charge in [0.2, 0.25) is 0 Å². The van der Waals surface area contributed by atoms with E-state index in [4.69, 9.17) is 0 Å². The molecule has 0 radical (unpaired) electrons. The molecule has 4 heteroatoms. The molecule has 0 fully saturated rings. The van der Waals surface area contributed by atoms with Gasteiger partial charge in [0, 0.05) is 33.2 Å². The molecule has 2 nitrogen and oxygen atoms in total. The number of halogens is 2. The Morgan fingerprint density at radius 3 is 1.94 bits per heavy atom. The fourth-order valence-corrected chi connectivity index (χ4v) is 5.82. The van der Waals surface area contributed by atoms with Crippen LogP contribution in [-0.2, 0) is 12.8 Å². The van der Waals surface area contributed by atoms with E-state index >= 15 is 0 Å². The van der Waals surface area contributed by atoms with Gasteiger partial charge in [0.25, 0.3) is 0 Å². The molecule has 166 valence electrons. The molecule has 0 bridgehead atoms. The van der Waals surface area contributed by atoms with Crippen molar-refractivity contribution in [3.05, 3.63) is 108 Å². The first-order valence-corrected chi connectivity index (χ1v) is 11.8. The van der Waals surface area contributed by atoms with Crippen molar-refractivity contribution in [1.82, 2.24) is 9.13 Å². The van der Waals surface area contributed by atoms with Crippen molar-refractivity contribution in [2.75, 3.05) is 0 Å². The number of fused-ring (bicyclic) bond motifs is 7. The van der Waals surface area contributed by atoms with Crippen LogP contribution < -0.4 is 0 Å². The van der Waals surface area contributed by atoms with Gasteiger partial charge in [0.15, 0.2) is 0 Å². The lowest BCUT2D eigenvalue weighted by Crippen LogP contribution is -2.07. The minimum absolute atomic E-state index is 0.230. The van der Waals surface area contributed by atoms with E-state index in [1.807, 2.05) is 30.3 Å². The van der Waals surface area contributed by atoms with E-state index in [9.17, 15) is 8.78 Å². The molecule has 6 aromatic rings. The highest BCUT2D eigenvalue weighted by Gasteiger charge is 2.25. The predicted octanol–water partition coefficient (Wildman–Crippen LogP) is 7.88. The van der Waals surface area contributed by atoms with Gasteiger partial charge in [0.05, 0.1) is 16.6 Å². The smallest absolute Gasteiger partial charge is 0.123 e. The average Bonchev–Trinajstić information content (AvgIpc) is 3.38. The molecular weight excluding hydrogens is 426 g/mol. The van der Waals surface area contributed by atoms with Crippen LogP contribution in [0.1, 0.15) is 24.1 Å². The zero-order chi connectivity index (χ0) is 22.8. The van der Waals surface area contributed by atoms with E-state index in [1.54, 1.807) is 0 Å². The Balaban J connectivity index is 1.68. The van der Waals surface area contributed by atoms with Crippen LogP contribution in [0.4, 0.5) is 8.78 Å². The summed E-state index contributed by atoms with van der Waals surface area (Å²) in [5, 5.41) is 3.61. The molecule has 0 N–H and O–H groups in total. The van der Waals surface area contributed by atoms with Gasteiger partial charge >= 0.3 is 0 Å². The molecule has 2 aromatic heterocycles. The maximum atomic E-state index is 13.8. The lowest BCUT2D eigenvalue weighted by atomic mass is 9.95. The summed E-state index contributed by atoms with van der Waals surface area (Å²) in [4.78, 5) is 0. The van der Waals surface area contributed by atoms with Gasteiger partial charge in [-0.1, -0.05) is 24.3 Å². The highest BCUT2D eigenvalue weighted by atomic mass is 19.1. The van der Waals surface area contributed by atoms with Crippen LogP contribution in [0.2, 0.25) is 0 Å². The van der Waals surface area contributed by atoms with Gasteiger partial charge in [-0.25, -0.2) is 8.78 Å². The molecule has 2 heterocycles. The molecule has 0 amide bonds. The summed E-state index contributed by atoms with van der Waals surface area (Å²) in [6.45, 7) is 0. The quantitative estimate of drug-likeness (QED) is 0.255. The number of hydrogen-bond acceptors (Lipinski definition) is 0. The first-order valence-electron chi connectivity index (χ1n) is 11.8. The molecule has 0 aliphatic heterocycles. The number of hydrogen-bond donors (Lipinski definition) is 0. The van der Waals surface area contributed by atoms with E-state index in [-0.39, 0.29) is 11.6 Å². The van der Waals surface area contributed by atoms with Gasteiger partial charge in [-0.05, 0) is 91.9 Å². The van der Waals surface area contributed by atoms with Gasteiger partial charge in [-0.15, -0.1) is 0 Å². The Bertz CT molecular complexity index is 1700. The summed E-state index contributed by atoms with van der Waals surface area (Å²) in [5.41, 5.74) is 8.00. The lowest BCUT2D eigenvalue weighted by molar-refractivity contribution is 0.626. The minimum Gasteiger partial charge on any atom is -0.313 e. The van der Waals surface area contributed by atoms with Crippen molar-refractivity contribution in [1.29, 1.82) is 0 Å². The Labute approximate surface area is 195 Å². The highest BCUT2D eigenvalue weighted by Crippen LogP contribution is 2.42. The van der Waals surface area contributed by atoms with Crippen molar-refractivity contribution in [3.8, 4) is 11.4 Å². The van der Waals surface area contributed by atoms with Crippen molar-refractivity contribution in [2.24, 2.45) is 0 Å². The van der Waals surface area contributed by atoms with Crippen LogP contribution in [0.25, 0.3) is 44.1 Å². The molecular formula is C30H22F2N2. The third-order valence-electron chi connectivity index (χ3n) is 7.24. The molecule has 0 unspecified atom stereocenters. The first kappa shape index (κ1) is 19.5. The zero-order valence-corrected chi connectivity index (χ0v) is 18.6. The fraction of sp³-hybridized carbons (Fsp3) is 0.133. The second-order valence-electron chi connectivity index (χ2n) is 9.13. The van der Waals surface area contributed by atoms with Crippen molar-refractivity contribution >= 4 is 32.7 Å². The Kier molecular flexibility index (Phi) is 4.19. The van der Waals surface area contributed by atoms with E-state index in [2.05, 4.69) is 39.5 Å². The zero-order valence-electron chi connectivity index (χ0n) is 18.6. The topological polar surface area (TPSA) is 9.86 Å². The van der Waals surface area contributed by atoms with Crippen molar-refractivity contribution in [2.45, 2.75) is 25.7 Å². The molecule has 1 aliphatic rings. The van der Waals surface area contributed by atoms with E-state index in [1.165, 1.54) is 58.2 Å². The maximum absolute atomic E-state index is 13.8. The first-order chi connectivity index (χ1) is 16.7. The number of nitrogens with zero attached hydrogens (tertiary/aromatic N) is 2. The SMILES string of the molecule is Fc1ccc(-n2c3c(c4ccc5c(c6ccccc6n5-c5ccc(F)cc5)c42)CCCC3)cc1. The molecule has 7 rings (SSSR count). The predicted molar refractivity (Wildman–Crippen MR) is 134 cm³/mol. The van der Waals surface area contributed by atoms with Crippen LogP contribution in [0.15, 0.2) is 84.9 Å². The van der Waals surface area contributed by atoms with E-state index < -0.39 is 0 Å². The van der Waals surface area contributed by atoms with Crippen LogP contribution in [-0.4, -0.2) is 9.13 Å². The molecule has 0 spiro atoms. The largest absolute Gasteiger partial charge is 0.313 e. The van der Waals surface area contributed by atoms with E-state index in [0.717, 1.165) is 47.1 Å². The molecule has 4 aromatic carbocycles. The number of aromatic nitrogens is 2. The highest BCUT2D eigenvalue weighted by molar-refractivity contribution is 6.21. The van der Waals surface area contributed by atoms with Gasteiger partial charge < -0.3 is 9.13 Å². The summed E-state index contributed by atoms with van der Waals surface area (Å²) < 4.78 is 32.1. The average molecular weight is 449 g/mol. The number of benzene rings is 4. The summed E-state index contributed by atoms with van der Waals surface area (Å²) >= 11 is 0. The number of rotatable bonds is 2. The normalized spacial score (nSPS) is 13.7. The van der Waals surface area contributed by atoms with Crippen LogP contribution in [0.3, 0.4) is 0 Å². The maximum Gasteiger partial charge on any atom is 0.123 e. The third-order valence-corrected chi connectivity index (χ3v) is 7.24. The van der Waals surface area contributed by atoms with E-state index in [0.29, 0.717) is 0 Å². The van der Waals surface area contributed by atoms with Gasteiger partial charge in [0.1, 0.15) is 11.6 Å². The monoisotopic (exact) mass is 448 g/mol. The summed E-state index contributed by atoms with van der Waals surface area (Å²) in [6, 6.07) is 26.3. The lowest BCUT2D eigenvalue weighted by Gasteiger charge is -2.16. The summed E-state index contributed by atoms with van der Waals surface area (Å²) in [7, 11) is 0. The van der Waals surface area contributed by atoms with Crippen molar-refractivity contribution in [3.63, 3.8) is 0 Å². The Morgan fingerprint density at radius 1 is 0.559 bits per heavy atom. The fourth-order valence-electron chi connectivity index (χ4n) is 5.82. The number of aryl methyl sites for hydroxylation is 1. The molecule has 0 atom stereocenters. The van der Waals surface area contributed by atoms with Crippen LogP contribution in [0, 0.1) is 11.6 Å². The Hall–Kier alpha value is -3.92. The number of para-hydroxylation sites is 1. The second kappa shape index (κ2) is 7.29. The second-order valence-corrected chi connectivity index (χ2v) is 9.13. The molecule has 0 saturated heterocycles. The van der Waals surface area contributed by atoms with Crippen LogP contribution in [0.5, 0.6) is 0 Å². The standard InChI is InChI=1S/C30H22F2N2/c31-19-9-13-21(14-10-19)33-27-8-4-2-6-25(27)29-28(33)18-17-24-23-5-1-3-7-26(23)34(30(24)29)22-15-11-20(32)12-16-22/h2,4,6,8-18H,1,3,5,7H2. The Morgan fingerprint density at radius 2 is 1.21 bits per heavy atom. The molecule has 0 saturated carbocycles. The van der Waals surface area contributed by atoms with Crippen LogP contribution >= 0.6 is 0 Å². The summed E-state index contributed by atoms with van der Waals surface area (Å²) in [5.74, 6) is -0.475. The molecule has 1 aliphatic carbocycles. The van der Waals surface area contributed by atoms with Crippen molar-refractivity contribution < 1.29 is 8.78 Å². The van der Waals surface area contributed by atoms with Gasteiger partial charge in [-0.3, -0.25) is 0 Å².